The average Bonchev–Trinajstić information content (AvgIpc) is 2.24. The first-order chi connectivity index (χ1) is 7.67. The van der Waals surface area contributed by atoms with E-state index < -0.39 is 0 Å². The molecule has 1 atom stereocenters. The molecule has 0 heterocycles. The topological polar surface area (TPSA) is 47.3 Å². The monoisotopic (exact) mass is 220 g/mol. The molecule has 3 heteroatoms. The first-order valence-electron chi connectivity index (χ1n) is 5.57. The van der Waals surface area contributed by atoms with Crippen molar-refractivity contribution < 1.29 is 4.74 Å². The first kappa shape index (κ1) is 12.4. The van der Waals surface area contributed by atoms with E-state index in [1.165, 1.54) is 0 Å². The van der Waals surface area contributed by atoms with Crippen LogP contribution in [0.15, 0.2) is 30.9 Å². The molecule has 1 unspecified atom stereocenters. The molecule has 3 nitrogen and oxygen atoms in total. The summed E-state index contributed by atoms with van der Waals surface area (Å²) in [6.07, 6.45) is 2.83. The highest BCUT2D eigenvalue weighted by Crippen LogP contribution is 2.26. The third kappa shape index (κ3) is 3.50. The number of nitrogens with one attached hydrogen (secondary N) is 1. The number of hydrogen-bond donors (Lipinski definition) is 2. The van der Waals surface area contributed by atoms with Crippen LogP contribution >= 0.6 is 0 Å². The zero-order valence-electron chi connectivity index (χ0n) is 9.99. The van der Waals surface area contributed by atoms with Crippen LogP contribution in [0.3, 0.4) is 0 Å². The highest BCUT2D eigenvalue weighted by atomic mass is 16.5. The van der Waals surface area contributed by atoms with Crippen LogP contribution in [-0.2, 0) is 0 Å². The Morgan fingerprint density at radius 3 is 2.94 bits per heavy atom. The van der Waals surface area contributed by atoms with Gasteiger partial charge in [-0.1, -0.05) is 6.08 Å². The molecule has 0 spiro atoms. The second-order valence-corrected chi connectivity index (χ2v) is 3.76. The summed E-state index contributed by atoms with van der Waals surface area (Å²) in [5.74, 6) is 0.735. The molecule has 0 saturated carbocycles. The van der Waals surface area contributed by atoms with Gasteiger partial charge in [-0.2, -0.15) is 0 Å². The van der Waals surface area contributed by atoms with Crippen LogP contribution in [0.1, 0.15) is 20.3 Å². The number of nitrogen functional groups attached to an aromatic ring is 1. The van der Waals surface area contributed by atoms with Crippen LogP contribution in [0.4, 0.5) is 11.4 Å². The summed E-state index contributed by atoms with van der Waals surface area (Å²) in [7, 11) is 0. The highest BCUT2D eigenvalue weighted by molar-refractivity contribution is 5.61. The van der Waals surface area contributed by atoms with Crippen molar-refractivity contribution in [2.75, 3.05) is 17.7 Å². The maximum Gasteiger partial charge on any atom is 0.144 e. The lowest BCUT2D eigenvalue weighted by Gasteiger charge is -2.15. The molecular weight excluding hydrogens is 200 g/mol. The average molecular weight is 220 g/mol. The van der Waals surface area contributed by atoms with Crippen LogP contribution in [0.5, 0.6) is 5.75 Å². The van der Waals surface area contributed by atoms with E-state index in [0.717, 1.165) is 17.9 Å². The SMILES string of the molecule is C=CCC(C)Nc1ccc(N)c(OCC)c1. The summed E-state index contributed by atoms with van der Waals surface area (Å²) in [5.41, 5.74) is 7.49. The Morgan fingerprint density at radius 2 is 2.31 bits per heavy atom. The van der Waals surface area contributed by atoms with E-state index in [2.05, 4.69) is 18.8 Å². The smallest absolute Gasteiger partial charge is 0.144 e. The van der Waals surface area contributed by atoms with Gasteiger partial charge in [0.15, 0.2) is 0 Å². The molecule has 0 aliphatic carbocycles. The molecule has 0 amide bonds. The maximum atomic E-state index is 5.80. The second kappa shape index (κ2) is 6.05. The molecule has 0 fully saturated rings. The van der Waals surface area contributed by atoms with Crippen molar-refractivity contribution >= 4 is 11.4 Å². The van der Waals surface area contributed by atoms with E-state index in [-0.39, 0.29) is 0 Å². The molecule has 88 valence electrons. The molecule has 0 bridgehead atoms. The van der Waals surface area contributed by atoms with Crippen molar-refractivity contribution in [3.05, 3.63) is 30.9 Å². The van der Waals surface area contributed by atoms with Crippen LogP contribution in [0.25, 0.3) is 0 Å². The minimum absolute atomic E-state index is 0.357. The summed E-state index contributed by atoms with van der Waals surface area (Å²) < 4.78 is 5.43. The molecule has 1 aromatic carbocycles. The predicted octanol–water partition coefficient (Wildman–Crippen LogP) is 3.04. The van der Waals surface area contributed by atoms with Gasteiger partial charge in [0.1, 0.15) is 5.75 Å². The standard InChI is InChI=1S/C13H20N2O/c1-4-6-10(3)15-11-7-8-12(14)13(9-11)16-5-2/h4,7-10,15H,1,5-6,14H2,2-3H3. The van der Waals surface area contributed by atoms with E-state index in [1.54, 1.807) is 0 Å². The van der Waals surface area contributed by atoms with Crippen LogP contribution in [0, 0.1) is 0 Å². The summed E-state index contributed by atoms with van der Waals surface area (Å²) in [4.78, 5) is 0. The Labute approximate surface area is 97.3 Å². The largest absolute Gasteiger partial charge is 0.492 e. The van der Waals surface area contributed by atoms with Crippen molar-refractivity contribution in [1.82, 2.24) is 0 Å². The summed E-state index contributed by atoms with van der Waals surface area (Å²) in [5, 5.41) is 3.36. The van der Waals surface area contributed by atoms with Gasteiger partial charge >= 0.3 is 0 Å². The number of nitrogens with two attached hydrogens (primary N) is 1. The van der Waals surface area contributed by atoms with Gasteiger partial charge in [0, 0.05) is 17.8 Å². The number of anilines is 2. The molecule has 3 N–H and O–H groups in total. The van der Waals surface area contributed by atoms with Gasteiger partial charge in [-0.25, -0.2) is 0 Å². The predicted molar refractivity (Wildman–Crippen MR) is 69.9 cm³/mol. The molecule has 0 aliphatic heterocycles. The molecule has 1 rings (SSSR count). The van der Waals surface area contributed by atoms with Gasteiger partial charge < -0.3 is 15.8 Å². The normalized spacial score (nSPS) is 11.9. The van der Waals surface area contributed by atoms with E-state index in [0.29, 0.717) is 18.3 Å². The fraction of sp³-hybridized carbons (Fsp3) is 0.385. The fourth-order valence-corrected chi connectivity index (χ4v) is 1.50. The van der Waals surface area contributed by atoms with Gasteiger partial charge in [0.05, 0.1) is 12.3 Å². The molecule has 0 aliphatic rings. The Hall–Kier alpha value is -1.64. The van der Waals surface area contributed by atoms with Crippen LogP contribution in [-0.4, -0.2) is 12.6 Å². The van der Waals surface area contributed by atoms with E-state index in [9.17, 15) is 0 Å². The number of hydrogen-bond acceptors (Lipinski definition) is 3. The van der Waals surface area contributed by atoms with Crippen LogP contribution in [0.2, 0.25) is 0 Å². The summed E-state index contributed by atoms with van der Waals surface area (Å²) in [6.45, 7) is 8.39. The van der Waals surface area contributed by atoms with Gasteiger partial charge in [-0.15, -0.1) is 6.58 Å². The van der Waals surface area contributed by atoms with Crippen LogP contribution < -0.4 is 15.8 Å². The Kier molecular flexibility index (Phi) is 4.70. The van der Waals surface area contributed by atoms with Gasteiger partial charge in [-0.05, 0) is 32.4 Å². The van der Waals surface area contributed by atoms with Crippen molar-refractivity contribution in [2.45, 2.75) is 26.3 Å². The highest BCUT2D eigenvalue weighted by Gasteiger charge is 2.04. The number of benzene rings is 1. The fourth-order valence-electron chi connectivity index (χ4n) is 1.50. The minimum Gasteiger partial charge on any atom is -0.492 e. The van der Waals surface area contributed by atoms with E-state index in [1.807, 2.05) is 31.2 Å². The lowest BCUT2D eigenvalue weighted by Crippen LogP contribution is -2.13. The molecular formula is C13H20N2O. The van der Waals surface area contributed by atoms with Gasteiger partial charge in [0.25, 0.3) is 0 Å². The molecule has 16 heavy (non-hydrogen) atoms. The molecule has 1 aromatic rings. The zero-order valence-corrected chi connectivity index (χ0v) is 9.99. The van der Waals surface area contributed by atoms with Crippen molar-refractivity contribution in [2.24, 2.45) is 0 Å². The quantitative estimate of drug-likeness (QED) is 0.572. The molecule has 0 aromatic heterocycles. The third-order valence-corrected chi connectivity index (χ3v) is 2.25. The summed E-state index contributed by atoms with van der Waals surface area (Å²) in [6, 6.07) is 6.10. The lowest BCUT2D eigenvalue weighted by atomic mass is 10.2. The third-order valence-electron chi connectivity index (χ3n) is 2.25. The number of ether oxygens (including phenoxy) is 1. The Balaban J connectivity index is 2.73. The summed E-state index contributed by atoms with van der Waals surface area (Å²) >= 11 is 0. The maximum absolute atomic E-state index is 5.80. The Bertz CT molecular complexity index is 350. The molecule has 0 saturated heterocycles. The van der Waals surface area contributed by atoms with Crippen molar-refractivity contribution in [1.29, 1.82) is 0 Å². The minimum atomic E-state index is 0.357. The lowest BCUT2D eigenvalue weighted by molar-refractivity contribution is 0.342. The Morgan fingerprint density at radius 1 is 1.56 bits per heavy atom. The van der Waals surface area contributed by atoms with E-state index >= 15 is 0 Å². The number of rotatable bonds is 6. The zero-order chi connectivity index (χ0) is 12.0. The second-order valence-electron chi connectivity index (χ2n) is 3.76. The van der Waals surface area contributed by atoms with E-state index in [4.69, 9.17) is 10.5 Å². The van der Waals surface area contributed by atoms with Gasteiger partial charge in [-0.3, -0.25) is 0 Å². The van der Waals surface area contributed by atoms with Crippen molar-refractivity contribution in [3.63, 3.8) is 0 Å². The molecule has 0 radical (unpaired) electrons. The first-order valence-corrected chi connectivity index (χ1v) is 5.57. The van der Waals surface area contributed by atoms with Crippen molar-refractivity contribution in [3.8, 4) is 5.75 Å². The van der Waals surface area contributed by atoms with Gasteiger partial charge in [0.2, 0.25) is 0 Å².